The molecule has 4 nitrogen and oxygen atoms in total. The topological polar surface area (TPSA) is 49.8 Å². The molecule has 0 fully saturated rings. The highest BCUT2D eigenvalue weighted by Gasteiger charge is 2.23. The highest BCUT2D eigenvalue weighted by molar-refractivity contribution is 5.85. The van der Waals surface area contributed by atoms with Gasteiger partial charge in [-0.25, -0.2) is 14.4 Å². The SMILES string of the molecule is Cl.Fc1ccc2c(c1)CC(Nc1ncc3c(n1)CNC3)C2. The summed E-state index contributed by atoms with van der Waals surface area (Å²) in [6.07, 6.45) is 3.60. The van der Waals surface area contributed by atoms with Crippen LogP contribution in [-0.2, 0) is 25.9 Å². The number of nitrogens with one attached hydrogen (secondary N) is 2. The normalized spacial score (nSPS) is 18.8. The largest absolute Gasteiger partial charge is 0.351 e. The van der Waals surface area contributed by atoms with Crippen LogP contribution in [0.1, 0.15) is 22.4 Å². The van der Waals surface area contributed by atoms with Gasteiger partial charge in [0.1, 0.15) is 5.82 Å². The molecule has 110 valence electrons. The van der Waals surface area contributed by atoms with E-state index in [4.69, 9.17) is 0 Å². The second kappa shape index (κ2) is 5.58. The van der Waals surface area contributed by atoms with Gasteiger partial charge in [-0.2, -0.15) is 0 Å². The minimum absolute atomic E-state index is 0. The van der Waals surface area contributed by atoms with Gasteiger partial charge in [0.15, 0.2) is 0 Å². The molecule has 0 bridgehead atoms. The van der Waals surface area contributed by atoms with Crippen molar-refractivity contribution in [1.82, 2.24) is 15.3 Å². The van der Waals surface area contributed by atoms with E-state index in [2.05, 4.69) is 20.6 Å². The van der Waals surface area contributed by atoms with Gasteiger partial charge in [-0.3, -0.25) is 0 Å². The molecule has 21 heavy (non-hydrogen) atoms. The van der Waals surface area contributed by atoms with Crippen molar-refractivity contribution in [2.75, 3.05) is 5.32 Å². The van der Waals surface area contributed by atoms with Gasteiger partial charge < -0.3 is 10.6 Å². The van der Waals surface area contributed by atoms with E-state index in [1.165, 1.54) is 17.2 Å². The standard InChI is InChI=1S/C15H15FN4.ClH/c16-12-2-1-9-4-13(5-10(9)3-12)19-15-18-7-11-6-17-8-14(11)20-15;/h1-3,7,13,17H,4-6,8H2,(H,18,19,20);1H. The summed E-state index contributed by atoms with van der Waals surface area (Å²) >= 11 is 0. The molecule has 1 aliphatic heterocycles. The minimum atomic E-state index is -0.163. The minimum Gasteiger partial charge on any atom is -0.351 e. The molecule has 2 aromatic rings. The maximum atomic E-state index is 13.2. The third-order valence-corrected chi connectivity index (χ3v) is 4.00. The van der Waals surface area contributed by atoms with Gasteiger partial charge in [-0.05, 0) is 36.1 Å². The van der Waals surface area contributed by atoms with Crippen LogP contribution in [0.15, 0.2) is 24.4 Å². The van der Waals surface area contributed by atoms with Crippen molar-refractivity contribution in [1.29, 1.82) is 0 Å². The Bertz CT molecular complexity index is 677. The summed E-state index contributed by atoms with van der Waals surface area (Å²) in [5.41, 5.74) is 4.55. The Labute approximate surface area is 128 Å². The third-order valence-electron chi connectivity index (χ3n) is 4.00. The Morgan fingerprint density at radius 3 is 2.90 bits per heavy atom. The molecular weight excluding hydrogens is 291 g/mol. The average Bonchev–Trinajstić information content (AvgIpc) is 3.03. The van der Waals surface area contributed by atoms with Crippen molar-refractivity contribution < 1.29 is 4.39 Å². The van der Waals surface area contributed by atoms with Gasteiger partial charge in [0.05, 0.1) is 5.69 Å². The van der Waals surface area contributed by atoms with Crippen LogP contribution in [0, 0.1) is 5.82 Å². The van der Waals surface area contributed by atoms with E-state index in [0.29, 0.717) is 5.95 Å². The summed E-state index contributed by atoms with van der Waals surface area (Å²) in [6.45, 7) is 1.66. The zero-order valence-electron chi connectivity index (χ0n) is 11.4. The molecule has 0 saturated heterocycles. The van der Waals surface area contributed by atoms with Crippen molar-refractivity contribution in [3.8, 4) is 0 Å². The van der Waals surface area contributed by atoms with Gasteiger partial charge in [0, 0.05) is 30.9 Å². The van der Waals surface area contributed by atoms with Crippen LogP contribution in [-0.4, -0.2) is 16.0 Å². The smallest absolute Gasteiger partial charge is 0.223 e. The second-order valence-corrected chi connectivity index (χ2v) is 5.43. The summed E-state index contributed by atoms with van der Waals surface area (Å²) < 4.78 is 13.2. The Morgan fingerprint density at radius 1 is 1.14 bits per heavy atom. The van der Waals surface area contributed by atoms with E-state index in [9.17, 15) is 4.39 Å². The second-order valence-electron chi connectivity index (χ2n) is 5.43. The van der Waals surface area contributed by atoms with Crippen molar-refractivity contribution in [2.24, 2.45) is 0 Å². The van der Waals surface area contributed by atoms with Crippen LogP contribution in [0.3, 0.4) is 0 Å². The Kier molecular flexibility index (Phi) is 3.78. The van der Waals surface area contributed by atoms with E-state index in [1.807, 2.05) is 12.3 Å². The first-order chi connectivity index (χ1) is 9.78. The van der Waals surface area contributed by atoms with E-state index >= 15 is 0 Å². The maximum Gasteiger partial charge on any atom is 0.223 e. The molecule has 0 spiro atoms. The molecule has 0 radical (unpaired) electrons. The van der Waals surface area contributed by atoms with Crippen LogP contribution in [0.25, 0.3) is 0 Å². The molecule has 4 rings (SSSR count). The molecule has 1 unspecified atom stereocenters. The molecule has 2 N–H and O–H groups in total. The third kappa shape index (κ3) is 2.71. The van der Waals surface area contributed by atoms with Crippen LogP contribution >= 0.6 is 12.4 Å². The van der Waals surface area contributed by atoms with Gasteiger partial charge in [-0.1, -0.05) is 6.07 Å². The molecular formula is C15H16ClFN4. The zero-order chi connectivity index (χ0) is 13.5. The summed E-state index contributed by atoms with van der Waals surface area (Å²) in [5, 5.41) is 6.62. The predicted octanol–water partition coefficient (Wildman–Crippen LogP) is 2.22. The van der Waals surface area contributed by atoms with Gasteiger partial charge >= 0.3 is 0 Å². The molecule has 1 aromatic carbocycles. The van der Waals surface area contributed by atoms with Crippen molar-refractivity contribution in [2.45, 2.75) is 32.0 Å². The molecule has 1 aliphatic carbocycles. The number of rotatable bonds is 2. The van der Waals surface area contributed by atoms with E-state index in [0.717, 1.165) is 37.2 Å². The quantitative estimate of drug-likeness (QED) is 0.893. The van der Waals surface area contributed by atoms with Crippen molar-refractivity contribution in [3.05, 3.63) is 52.6 Å². The lowest BCUT2D eigenvalue weighted by Gasteiger charge is -2.12. The fourth-order valence-electron chi connectivity index (χ4n) is 3.00. The summed E-state index contributed by atoms with van der Waals surface area (Å²) in [5.74, 6) is 0.509. The number of aromatic nitrogens is 2. The molecule has 2 heterocycles. The molecule has 0 amide bonds. The molecule has 2 aliphatic rings. The zero-order valence-corrected chi connectivity index (χ0v) is 12.2. The summed E-state index contributed by atoms with van der Waals surface area (Å²) in [6, 6.07) is 5.28. The first-order valence-electron chi connectivity index (χ1n) is 6.87. The number of fused-ring (bicyclic) bond motifs is 2. The molecule has 6 heteroatoms. The first kappa shape index (κ1) is 14.2. The average molecular weight is 307 g/mol. The lowest BCUT2D eigenvalue weighted by Crippen LogP contribution is -2.21. The van der Waals surface area contributed by atoms with Crippen LogP contribution in [0.5, 0.6) is 0 Å². The van der Waals surface area contributed by atoms with E-state index < -0.39 is 0 Å². The fraction of sp³-hybridized carbons (Fsp3) is 0.333. The van der Waals surface area contributed by atoms with E-state index in [-0.39, 0.29) is 24.3 Å². The van der Waals surface area contributed by atoms with Crippen molar-refractivity contribution in [3.63, 3.8) is 0 Å². The van der Waals surface area contributed by atoms with Gasteiger partial charge in [-0.15, -0.1) is 12.4 Å². The highest BCUT2D eigenvalue weighted by Crippen LogP contribution is 2.25. The highest BCUT2D eigenvalue weighted by atomic mass is 35.5. The van der Waals surface area contributed by atoms with Gasteiger partial charge in [0.2, 0.25) is 5.95 Å². The van der Waals surface area contributed by atoms with Crippen LogP contribution in [0.2, 0.25) is 0 Å². The Hall–Kier alpha value is -1.72. The number of halogens is 2. The lowest BCUT2D eigenvalue weighted by atomic mass is 10.1. The lowest BCUT2D eigenvalue weighted by molar-refractivity contribution is 0.625. The monoisotopic (exact) mass is 306 g/mol. The fourth-order valence-corrected chi connectivity index (χ4v) is 3.00. The number of benzene rings is 1. The predicted molar refractivity (Wildman–Crippen MR) is 81.0 cm³/mol. The maximum absolute atomic E-state index is 13.2. The summed E-state index contributed by atoms with van der Waals surface area (Å²) in [7, 11) is 0. The molecule has 1 atom stereocenters. The number of hydrogen-bond donors (Lipinski definition) is 2. The Balaban J connectivity index is 0.00000132. The molecule has 1 aromatic heterocycles. The van der Waals surface area contributed by atoms with Crippen LogP contribution in [0.4, 0.5) is 10.3 Å². The summed E-state index contributed by atoms with van der Waals surface area (Å²) in [4.78, 5) is 8.90. The molecule has 0 saturated carbocycles. The number of nitrogens with zero attached hydrogens (tertiary/aromatic N) is 2. The number of hydrogen-bond acceptors (Lipinski definition) is 4. The van der Waals surface area contributed by atoms with Crippen molar-refractivity contribution >= 4 is 18.4 Å². The van der Waals surface area contributed by atoms with Crippen LogP contribution < -0.4 is 10.6 Å². The van der Waals surface area contributed by atoms with Gasteiger partial charge in [0.25, 0.3) is 0 Å². The number of anilines is 1. The first-order valence-corrected chi connectivity index (χ1v) is 6.87. The van der Waals surface area contributed by atoms with E-state index in [1.54, 1.807) is 6.07 Å². The Morgan fingerprint density at radius 2 is 2.00 bits per heavy atom.